The Morgan fingerprint density at radius 2 is 2.04 bits per heavy atom. The standard InChI is InChI=1S/C16H22N6O2S/c1-11-15(25-12(2)21-11)10-20-16(17-3)19-9-8-18-13-6-4-5-7-14(13)22(23)24/h4-7,18H,8-10H2,1-3H3,(H2,17,19,20). The van der Waals surface area contributed by atoms with Gasteiger partial charge < -0.3 is 16.0 Å². The number of guanidine groups is 1. The Balaban J connectivity index is 1.78. The first-order valence-electron chi connectivity index (χ1n) is 7.86. The molecule has 0 bridgehead atoms. The van der Waals surface area contributed by atoms with Crippen molar-refractivity contribution in [3.63, 3.8) is 0 Å². The van der Waals surface area contributed by atoms with E-state index in [0.717, 1.165) is 10.7 Å². The van der Waals surface area contributed by atoms with Gasteiger partial charge in [0, 0.05) is 31.1 Å². The summed E-state index contributed by atoms with van der Waals surface area (Å²) in [5.74, 6) is 0.676. The molecule has 1 aromatic heterocycles. The number of aliphatic imine (C=N–C) groups is 1. The van der Waals surface area contributed by atoms with Crippen LogP contribution in [0, 0.1) is 24.0 Å². The molecule has 8 nitrogen and oxygen atoms in total. The van der Waals surface area contributed by atoms with Crippen LogP contribution in [-0.2, 0) is 6.54 Å². The second-order valence-electron chi connectivity index (χ2n) is 5.30. The maximum absolute atomic E-state index is 11.0. The molecule has 0 aliphatic carbocycles. The largest absolute Gasteiger partial charge is 0.378 e. The van der Waals surface area contributed by atoms with E-state index < -0.39 is 4.92 Å². The van der Waals surface area contributed by atoms with Gasteiger partial charge in [-0.25, -0.2) is 4.98 Å². The van der Waals surface area contributed by atoms with Crippen molar-refractivity contribution in [3.05, 3.63) is 50.0 Å². The van der Waals surface area contributed by atoms with Crippen LogP contribution < -0.4 is 16.0 Å². The topological polar surface area (TPSA) is 104 Å². The van der Waals surface area contributed by atoms with Crippen LogP contribution in [-0.4, -0.2) is 36.0 Å². The average molecular weight is 362 g/mol. The van der Waals surface area contributed by atoms with Crippen LogP contribution in [0.5, 0.6) is 0 Å². The fourth-order valence-electron chi connectivity index (χ4n) is 2.28. The van der Waals surface area contributed by atoms with E-state index in [1.807, 2.05) is 13.8 Å². The first kappa shape index (κ1) is 18.7. The van der Waals surface area contributed by atoms with Crippen LogP contribution in [0.4, 0.5) is 11.4 Å². The number of aromatic nitrogens is 1. The zero-order chi connectivity index (χ0) is 18.2. The van der Waals surface area contributed by atoms with Crippen molar-refractivity contribution in [1.29, 1.82) is 0 Å². The molecule has 0 saturated heterocycles. The highest BCUT2D eigenvalue weighted by Crippen LogP contribution is 2.22. The highest BCUT2D eigenvalue weighted by molar-refractivity contribution is 7.11. The van der Waals surface area contributed by atoms with Crippen molar-refractivity contribution in [1.82, 2.24) is 15.6 Å². The molecule has 0 fully saturated rings. The Bertz CT molecular complexity index is 759. The van der Waals surface area contributed by atoms with Crippen molar-refractivity contribution in [2.45, 2.75) is 20.4 Å². The first-order valence-corrected chi connectivity index (χ1v) is 8.67. The van der Waals surface area contributed by atoms with Gasteiger partial charge in [0.2, 0.25) is 0 Å². The fraction of sp³-hybridized carbons (Fsp3) is 0.375. The highest BCUT2D eigenvalue weighted by atomic mass is 32.1. The van der Waals surface area contributed by atoms with E-state index in [1.165, 1.54) is 10.9 Å². The first-order chi connectivity index (χ1) is 12.0. The van der Waals surface area contributed by atoms with Gasteiger partial charge in [-0.15, -0.1) is 11.3 Å². The summed E-state index contributed by atoms with van der Waals surface area (Å²) in [7, 11) is 1.70. The zero-order valence-corrected chi connectivity index (χ0v) is 15.3. The van der Waals surface area contributed by atoms with E-state index in [0.29, 0.717) is 31.3 Å². The number of para-hydroxylation sites is 2. The van der Waals surface area contributed by atoms with Gasteiger partial charge in [0.05, 0.1) is 22.2 Å². The Kier molecular flexibility index (Phi) is 6.70. The highest BCUT2D eigenvalue weighted by Gasteiger charge is 2.11. The van der Waals surface area contributed by atoms with E-state index in [4.69, 9.17) is 0 Å². The minimum Gasteiger partial charge on any atom is -0.378 e. The molecule has 0 spiro atoms. The van der Waals surface area contributed by atoms with Crippen LogP contribution in [0.25, 0.3) is 0 Å². The van der Waals surface area contributed by atoms with Crippen LogP contribution in [0.15, 0.2) is 29.3 Å². The van der Waals surface area contributed by atoms with Gasteiger partial charge in [0.15, 0.2) is 5.96 Å². The van der Waals surface area contributed by atoms with Gasteiger partial charge in [-0.3, -0.25) is 15.1 Å². The molecular formula is C16H22N6O2S. The van der Waals surface area contributed by atoms with Crippen LogP contribution >= 0.6 is 11.3 Å². The molecule has 1 aromatic carbocycles. The van der Waals surface area contributed by atoms with Crippen molar-refractivity contribution in [2.75, 3.05) is 25.5 Å². The summed E-state index contributed by atoms with van der Waals surface area (Å²) in [4.78, 5) is 20.3. The molecule has 0 atom stereocenters. The molecule has 1 heterocycles. The lowest BCUT2D eigenvalue weighted by Gasteiger charge is -2.12. The molecule has 0 amide bonds. The van der Waals surface area contributed by atoms with Gasteiger partial charge in [-0.1, -0.05) is 12.1 Å². The van der Waals surface area contributed by atoms with E-state index in [9.17, 15) is 10.1 Å². The average Bonchev–Trinajstić information content (AvgIpc) is 2.92. The lowest BCUT2D eigenvalue weighted by Crippen LogP contribution is -2.39. The van der Waals surface area contributed by atoms with Gasteiger partial charge in [0.1, 0.15) is 5.69 Å². The van der Waals surface area contributed by atoms with E-state index in [-0.39, 0.29) is 5.69 Å². The number of anilines is 1. The predicted octanol–water partition coefficient (Wildman–Crippen LogP) is 2.45. The fourth-order valence-corrected chi connectivity index (χ4v) is 3.16. The molecule has 0 aliphatic rings. The molecule has 2 aromatic rings. The van der Waals surface area contributed by atoms with Gasteiger partial charge >= 0.3 is 0 Å². The summed E-state index contributed by atoms with van der Waals surface area (Å²) in [6.07, 6.45) is 0. The number of hydrogen-bond acceptors (Lipinski definition) is 6. The number of nitrogens with zero attached hydrogens (tertiary/aromatic N) is 3. The number of benzene rings is 1. The molecule has 25 heavy (non-hydrogen) atoms. The third-order valence-corrected chi connectivity index (χ3v) is 4.55. The molecule has 0 radical (unpaired) electrons. The Labute approximate surface area is 150 Å². The SMILES string of the molecule is CN=C(NCCNc1ccccc1[N+](=O)[O-])NCc1sc(C)nc1C. The predicted molar refractivity (Wildman–Crippen MR) is 101 cm³/mol. The smallest absolute Gasteiger partial charge is 0.292 e. The molecule has 0 saturated carbocycles. The summed E-state index contributed by atoms with van der Waals surface area (Å²) >= 11 is 1.66. The molecule has 9 heteroatoms. The van der Waals surface area contributed by atoms with Crippen molar-refractivity contribution < 1.29 is 4.92 Å². The lowest BCUT2D eigenvalue weighted by atomic mass is 10.2. The minimum absolute atomic E-state index is 0.0704. The Morgan fingerprint density at radius 1 is 1.28 bits per heavy atom. The van der Waals surface area contributed by atoms with Gasteiger partial charge in [-0.05, 0) is 19.9 Å². The van der Waals surface area contributed by atoms with E-state index in [2.05, 4.69) is 25.9 Å². The summed E-state index contributed by atoms with van der Waals surface area (Å²) in [6.45, 7) is 5.75. The zero-order valence-electron chi connectivity index (χ0n) is 14.5. The second-order valence-corrected chi connectivity index (χ2v) is 6.58. The third-order valence-electron chi connectivity index (χ3n) is 3.47. The molecule has 0 aliphatic heterocycles. The van der Waals surface area contributed by atoms with Gasteiger partial charge in [0.25, 0.3) is 5.69 Å². The summed E-state index contributed by atoms with van der Waals surface area (Å²) < 4.78 is 0. The number of nitrogens with one attached hydrogen (secondary N) is 3. The number of aryl methyl sites for hydroxylation is 2. The third kappa shape index (κ3) is 5.42. The van der Waals surface area contributed by atoms with Crippen LogP contribution in [0.2, 0.25) is 0 Å². The number of thiazole rings is 1. The number of nitro benzene ring substituents is 1. The summed E-state index contributed by atoms with van der Waals surface area (Å²) in [5.41, 5.74) is 1.61. The van der Waals surface area contributed by atoms with Crippen molar-refractivity contribution in [2.24, 2.45) is 4.99 Å². The Hall–Kier alpha value is -2.68. The Morgan fingerprint density at radius 3 is 2.68 bits per heavy atom. The summed E-state index contributed by atoms with van der Waals surface area (Å²) in [5, 5.41) is 21.5. The van der Waals surface area contributed by atoms with Crippen molar-refractivity contribution in [3.8, 4) is 0 Å². The number of hydrogen-bond donors (Lipinski definition) is 3. The van der Waals surface area contributed by atoms with Gasteiger partial charge in [-0.2, -0.15) is 0 Å². The van der Waals surface area contributed by atoms with Crippen LogP contribution in [0.3, 0.4) is 0 Å². The number of nitro groups is 1. The van der Waals surface area contributed by atoms with Crippen molar-refractivity contribution >= 4 is 28.7 Å². The lowest BCUT2D eigenvalue weighted by molar-refractivity contribution is -0.384. The maximum Gasteiger partial charge on any atom is 0.292 e. The second kappa shape index (κ2) is 8.97. The molecular weight excluding hydrogens is 340 g/mol. The van der Waals surface area contributed by atoms with Crippen LogP contribution in [0.1, 0.15) is 15.6 Å². The molecule has 0 unspecified atom stereocenters. The monoisotopic (exact) mass is 362 g/mol. The maximum atomic E-state index is 11.0. The van der Waals surface area contributed by atoms with E-state index >= 15 is 0 Å². The quantitative estimate of drug-likeness (QED) is 0.230. The van der Waals surface area contributed by atoms with E-state index in [1.54, 1.807) is 36.6 Å². The normalized spacial score (nSPS) is 11.2. The molecule has 134 valence electrons. The molecule has 3 N–H and O–H groups in total. The number of rotatable bonds is 7. The molecule has 2 rings (SSSR count). The minimum atomic E-state index is -0.393. The summed E-state index contributed by atoms with van der Waals surface area (Å²) in [6, 6.07) is 6.59.